The zero-order chi connectivity index (χ0) is 23.7. The zero-order valence-corrected chi connectivity index (χ0v) is 21.2. The van der Waals surface area contributed by atoms with Crippen molar-refractivity contribution in [1.29, 1.82) is 0 Å². The maximum absolute atomic E-state index is 12.9. The van der Waals surface area contributed by atoms with Crippen molar-refractivity contribution in [3.05, 3.63) is 88.2 Å². The molecule has 4 aromatic rings. The molecule has 3 aromatic carbocycles. The van der Waals surface area contributed by atoms with Gasteiger partial charge in [-0.1, -0.05) is 45.8 Å². The second-order valence-corrected chi connectivity index (χ2v) is 10.1. The molecule has 0 unspecified atom stereocenters. The van der Waals surface area contributed by atoms with Crippen molar-refractivity contribution in [3.63, 3.8) is 0 Å². The lowest BCUT2D eigenvalue weighted by Crippen LogP contribution is -2.38. The van der Waals surface area contributed by atoms with Crippen molar-refractivity contribution in [1.82, 2.24) is 14.5 Å². The summed E-state index contributed by atoms with van der Waals surface area (Å²) in [5.41, 5.74) is 6.46. The van der Waals surface area contributed by atoms with E-state index in [1.54, 1.807) is 0 Å². The molecule has 1 aromatic heterocycles. The summed E-state index contributed by atoms with van der Waals surface area (Å²) in [6, 6.07) is 22.8. The minimum Gasteiger partial charge on any atom is -0.326 e. The largest absolute Gasteiger partial charge is 0.326 e. The van der Waals surface area contributed by atoms with Crippen LogP contribution >= 0.6 is 15.9 Å². The molecule has 0 atom stereocenters. The second-order valence-electron chi connectivity index (χ2n) is 9.19. The Bertz CT molecular complexity index is 1320. The molecule has 1 aliphatic heterocycles. The number of aromatic nitrogens is 2. The molecule has 2 heterocycles. The van der Waals surface area contributed by atoms with Crippen LogP contribution in [0.1, 0.15) is 29.8 Å². The number of nitrogens with one attached hydrogen (secondary N) is 1. The first-order valence-electron chi connectivity index (χ1n) is 11.8. The molecule has 5 rings (SSSR count). The molecular weight excluding hydrogens is 488 g/mol. The molecule has 0 radical (unpaired) electrons. The number of carbonyl (C=O) groups is 1. The number of para-hydroxylation sites is 2. The minimum atomic E-state index is 0.0437. The third kappa shape index (κ3) is 4.79. The summed E-state index contributed by atoms with van der Waals surface area (Å²) in [5, 5.41) is 3.15. The van der Waals surface area contributed by atoms with Gasteiger partial charge in [0, 0.05) is 21.8 Å². The van der Waals surface area contributed by atoms with Gasteiger partial charge in [-0.3, -0.25) is 14.3 Å². The molecule has 1 amide bonds. The van der Waals surface area contributed by atoms with E-state index in [2.05, 4.69) is 86.2 Å². The monoisotopic (exact) mass is 516 g/mol. The average molecular weight is 517 g/mol. The summed E-state index contributed by atoms with van der Waals surface area (Å²) < 4.78 is 3.31. The quantitative estimate of drug-likeness (QED) is 0.340. The van der Waals surface area contributed by atoms with E-state index >= 15 is 0 Å². The van der Waals surface area contributed by atoms with Crippen LogP contribution in [0.5, 0.6) is 0 Å². The summed E-state index contributed by atoms with van der Waals surface area (Å²) in [6.07, 6.45) is 1.71. The highest BCUT2D eigenvalue weighted by atomic mass is 79.9. The number of fused-ring (bicyclic) bond motifs is 1. The molecule has 5 nitrogen and oxygen atoms in total. The summed E-state index contributed by atoms with van der Waals surface area (Å²) >= 11 is 3.54. The van der Waals surface area contributed by atoms with Gasteiger partial charge in [-0.25, -0.2) is 4.98 Å². The standard InChI is InChI=1S/C28H29BrN4O/c1-19-7-12-24(20(2)17-19)31-28(34)21-13-15-32(16-14-21)18-27-30-25-5-3-4-6-26(25)33(27)23-10-8-22(29)9-11-23/h3-12,17,21H,13-16,18H2,1-2H3,(H,31,34). The van der Waals surface area contributed by atoms with Crippen LogP contribution in [-0.2, 0) is 11.3 Å². The molecular formula is C28H29BrN4O. The van der Waals surface area contributed by atoms with Gasteiger partial charge in [0.05, 0.1) is 17.6 Å². The highest BCUT2D eigenvalue weighted by molar-refractivity contribution is 9.10. The van der Waals surface area contributed by atoms with Crippen molar-refractivity contribution in [2.24, 2.45) is 5.92 Å². The van der Waals surface area contributed by atoms with Crippen LogP contribution in [0.2, 0.25) is 0 Å². The maximum Gasteiger partial charge on any atom is 0.227 e. The first-order chi connectivity index (χ1) is 16.5. The Kier molecular flexibility index (Phi) is 6.53. The summed E-state index contributed by atoms with van der Waals surface area (Å²) in [4.78, 5) is 20.3. The van der Waals surface area contributed by atoms with Gasteiger partial charge in [0.1, 0.15) is 5.82 Å². The van der Waals surface area contributed by atoms with Crippen molar-refractivity contribution in [2.75, 3.05) is 18.4 Å². The number of imidazole rings is 1. The van der Waals surface area contributed by atoms with E-state index in [9.17, 15) is 4.79 Å². The van der Waals surface area contributed by atoms with Gasteiger partial charge in [-0.2, -0.15) is 0 Å². The fourth-order valence-electron chi connectivity index (χ4n) is 4.80. The number of aryl methyl sites for hydroxylation is 2. The molecule has 1 fully saturated rings. The number of hydrogen-bond acceptors (Lipinski definition) is 3. The van der Waals surface area contributed by atoms with Crippen LogP contribution in [-0.4, -0.2) is 33.4 Å². The number of halogens is 1. The van der Waals surface area contributed by atoms with Crippen molar-refractivity contribution < 1.29 is 4.79 Å². The van der Waals surface area contributed by atoms with Crippen molar-refractivity contribution >= 4 is 38.6 Å². The van der Waals surface area contributed by atoms with E-state index in [1.165, 1.54) is 5.56 Å². The van der Waals surface area contributed by atoms with Gasteiger partial charge in [0.25, 0.3) is 0 Å². The molecule has 1 N–H and O–H groups in total. The second kappa shape index (κ2) is 9.72. The van der Waals surface area contributed by atoms with E-state index in [4.69, 9.17) is 4.98 Å². The number of benzene rings is 3. The lowest BCUT2D eigenvalue weighted by Gasteiger charge is -2.31. The number of nitrogens with zero attached hydrogens (tertiary/aromatic N) is 3. The Morgan fingerprint density at radius 3 is 2.50 bits per heavy atom. The predicted octanol–water partition coefficient (Wildman–Crippen LogP) is 6.26. The fraction of sp³-hybridized carbons (Fsp3) is 0.286. The van der Waals surface area contributed by atoms with E-state index in [1.807, 2.05) is 25.1 Å². The van der Waals surface area contributed by atoms with Gasteiger partial charge in [-0.15, -0.1) is 0 Å². The van der Waals surface area contributed by atoms with Gasteiger partial charge >= 0.3 is 0 Å². The fourth-order valence-corrected chi connectivity index (χ4v) is 5.07. The molecule has 0 bridgehead atoms. The molecule has 6 heteroatoms. The third-order valence-corrected chi connectivity index (χ3v) is 7.21. The summed E-state index contributed by atoms with van der Waals surface area (Å²) in [7, 11) is 0. The smallest absolute Gasteiger partial charge is 0.227 e. The highest BCUT2D eigenvalue weighted by Gasteiger charge is 2.26. The Hall–Kier alpha value is -2.96. The van der Waals surface area contributed by atoms with Crippen LogP contribution in [0.3, 0.4) is 0 Å². The van der Waals surface area contributed by atoms with Crippen molar-refractivity contribution in [2.45, 2.75) is 33.2 Å². The third-order valence-electron chi connectivity index (χ3n) is 6.68. The van der Waals surface area contributed by atoms with Crippen LogP contribution in [0.15, 0.2) is 71.2 Å². The Morgan fingerprint density at radius 1 is 1.03 bits per heavy atom. The highest BCUT2D eigenvalue weighted by Crippen LogP contribution is 2.26. The normalized spacial score (nSPS) is 15.0. The minimum absolute atomic E-state index is 0.0437. The van der Waals surface area contributed by atoms with E-state index in [-0.39, 0.29) is 11.8 Å². The van der Waals surface area contributed by atoms with Gasteiger partial charge < -0.3 is 5.32 Å². The SMILES string of the molecule is Cc1ccc(NC(=O)C2CCN(Cc3nc4ccccc4n3-c3ccc(Br)cc3)CC2)c(C)c1. The number of piperidine rings is 1. The van der Waals surface area contributed by atoms with E-state index in [0.29, 0.717) is 0 Å². The molecule has 34 heavy (non-hydrogen) atoms. The Morgan fingerprint density at radius 2 is 1.76 bits per heavy atom. The molecule has 0 saturated carbocycles. The molecule has 1 saturated heterocycles. The zero-order valence-electron chi connectivity index (χ0n) is 19.6. The Labute approximate surface area is 208 Å². The number of amides is 1. The first kappa shape index (κ1) is 22.8. The van der Waals surface area contributed by atoms with Gasteiger partial charge in [-0.05, 0) is 87.8 Å². The van der Waals surface area contributed by atoms with E-state index < -0.39 is 0 Å². The van der Waals surface area contributed by atoms with E-state index in [0.717, 1.165) is 70.7 Å². The number of anilines is 1. The van der Waals surface area contributed by atoms with Gasteiger partial charge in [0.15, 0.2) is 0 Å². The van der Waals surface area contributed by atoms with Crippen LogP contribution < -0.4 is 5.32 Å². The molecule has 174 valence electrons. The number of likely N-dealkylation sites (tertiary alicyclic amines) is 1. The predicted molar refractivity (Wildman–Crippen MR) is 141 cm³/mol. The lowest BCUT2D eigenvalue weighted by molar-refractivity contribution is -0.121. The topological polar surface area (TPSA) is 50.2 Å². The summed E-state index contributed by atoms with van der Waals surface area (Å²) in [5.74, 6) is 1.21. The van der Waals surface area contributed by atoms with Crippen molar-refractivity contribution in [3.8, 4) is 5.69 Å². The lowest BCUT2D eigenvalue weighted by atomic mass is 9.95. The number of rotatable bonds is 5. The first-order valence-corrected chi connectivity index (χ1v) is 12.6. The molecule has 1 aliphatic rings. The Balaban J connectivity index is 1.28. The molecule has 0 spiro atoms. The van der Waals surface area contributed by atoms with Crippen LogP contribution in [0, 0.1) is 19.8 Å². The number of hydrogen-bond donors (Lipinski definition) is 1. The number of carbonyl (C=O) groups excluding carboxylic acids is 1. The summed E-state index contributed by atoms with van der Waals surface area (Å²) in [6.45, 7) is 6.64. The van der Waals surface area contributed by atoms with Crippen LogP contribution in [0.25, 0.3) is 16.7 Å². The maximum atomic E-state index is 12.9. The van der Waals surface area contributed by atoms with Crippen LogP contribution in [0.4, 0.5) is 5.69 Å². The van der Waals surface area contributed by atoms with Gasteiger partial charge in [0.2, 0.25) is 5.91 Å². The average Bonchev–Trinajstić information content (AvgIpc) is 3.19. The molecule has 0 aliphatic carbocycles.